The van der Waals surface area contributed by atoms with Crippen molar-refractivity contribution in [3.63, 3.8) is 0 Å². The fraction of sp³-hybridized carbons (Fsp3) is 0.364. The molecule has 3 amide bonds. The number of imide groups is 1. The molecule has 0 saturated carbocycles. The molecule has 4 rings (SSSR count). The third-order valence-corrected chi connectivity index (χ3v) is 5.31. The van der Waals surface area contributed by atoms with Crippen LogP contribution in [0.3, 0.4) is 0 Å². The van der Waals surface area contributed by atoms with E-state index in [1.54, 1.807) is 24.4 Å². The van der Waals surface area contributed by atoms with Gasteiger partial charge >= 0.3 is 0 Å². The zero-order chi connectivity index (χ0) is 21.1. The smallest absolute Gasteiger partial charge is 0.261 e. The van der Waals surface area contributed by atoms with Crippen molar-refractivity contribution in [2.24, 2.45) is 0 Å². The molecular weight excluding hydrogens is 384 g/mol. The fourth-order valence-corrected chi connectivity index (χ4v) is 3.59. The predicted molar refractivity (Wildman–Crippen MR) is 112 cm³/mol. The number of morpholine rings is 1. The van der Waals surface area contributed by atoms with Crippen LogP contribution in [-0.4, -0.2) is 60.5 Å². The number of nitrogens with zero attached hydrogens (tertiary/aromatic N) is 3. The van der Waals surface area contributed by atoms with E-state index in [-0.39, 0.29) is 23.3 Å². The number of amides is 3. The van der Waals surface area contributed by atoms with Gasteiger partial charge in [-0.05, 0) is 36.8 Å². The number of unbranched alkanes of at least 4 members (excludes halogenated alkanes) is 1. The zero-order valence-corrected chi connectivity index (χ0v) is 16.9. The van der Waals surface area contributed by atoms with Crippen LogP contribution in [0.15, 0.2) is 36.5 Å². The molecule has 2 aliphatic rings. The first-order valence-electron chi connectivity index (χ1n) is 10.2. The Morgan fingerprint density at radius 2 is 1.87 bits per heavy atom. The highest BCUT2D eigenvalue weighted by molar-refractivity contribution is 6.22. The number of hydrogen-bond acceptors (Lipinski definition) is 6. The summed E-state index contributed by atoms with van der Waals surface area (Å²) in [6.07, 6.45) is 3.25. The molecule has 1 saturated heterocycles. The Hall–Kier alpha value is -3.26. The number of nitrogens with one attached hydrogen (secondary N) is 1. The number of hydrogen-bond donors (Lipinski definition) is 1. The van der Waals surface area contributed by atoms with E-state index in [4.69, 9.17) is 4.74 Å². The summed E-state index contributed by atoms with van der Waals surface area (Å²) in [6, 6.07) is 8.27. The van der Waals surface area contributed by atoms with Crippen LogP contribution in [0.2, 0.25) is 0 Å². The Bertz CT molecular complexity index is 968. The highest BCUT2D eigenvalue weighted by Gasteiger charge is 2.35. The van der Waals surface area contributed by atoms with Crippen molar-refractivity contribution in [2.45, 2.75) is 19.8 Å². The number of aromatic nitrogens is 1. The molecule has 2 aliphatic heterocycles. The first-order chi connectivity index (χ1) is 14.6. The number of pyridine rings is 1. The van der Waals surface area contributed by atoms with Crippen molar-refractivity contribution in [1.29, 1.82) is 0 Å². The average Bonchev–Trinajstić information content (AvgIpc) is 3.02. The van der Waals surface area contributed by atoms with Gasteiger partial charge in [-0.2, -0.15) is 0 Å². The van der Waals surface area contributed by atoms with Gasteiger partial charge in [0.05, 0.1) is 36.2 Å². The Morgan fingerprint density at radius 3 is 2.57 bits per heavy atom. The molecule has 1 aromatic carbocycles. The first-order valence-corrected chi connectivity index (χ1v) is 10.2. The molecule has 8 heteroatoms. The lowest BCUT2D eigenvalue weighted by Crippen LogP contribution is -2.36. The van der Waals surface area contributed by atoms with Gasteiger partial charge in [0.15, 0.2) is 0 Å². The van der Waals surface area contributed by atoms with Crippen LogP contribution >= 0.6 is 0 Å². The topological polar surface area (TPSA) is 91.8 Å². The molecule has 8 nitrogen and oxygen atoms in total. The number of benzene rings is 1. The number of carbonyl (C=O) groups excluding carboxylic acids is 3. The number of carbonyl (C=O) groups is 3. The molecule has 0 atom stereocenters. The van der Waals surface area contributed by atoms with E-state index in [1.165, 1.54) is 11.0 Å². The van der Waals surface area contributed by atoms with E-state index in [2.05, 4.69) is 15.2 Å². The minimum atomic E-state index is -0.356. The predicted octanol–water partition coefficient (Wildman–Crippen LogP) is 2.57. The van der Waals surface area contributed by atoms with E-state index in [0.717, 1.165) is 31.7 Å². The van der Waals surface area contributed by atoms with Gasteiger partial charge in [-0.1, -0.05) is 13.3 Å². The number of anilines is 2. The third kappa shape index (κ3) is 3.91. The lowest BCUT2D eigenvalue weighted by Gasteiger charge is -2.27. The van der Waals surface area contributed by atoms with Crippen LogP contribution in [0.5, 0.6) is 0 Å². The highest BCUT2D eigenvalue weighted by Crippen LogP contribution is 2.25. The first kappa shape index (κ1) is 20.0. The fourth-order valence-electron chi connectivity index (χ4n) is 3.59. The second kappa shape index (κ2) is 8.62. The molecule has 1 fully saturated rings. The lowest BCUT2D eigenvalue weighted by atomic mass is 10.1. The Balaban J connectivity index is 1.45. The molecule has 0 unspecified atom stereocenters. The maximum Gasteiger partial charge on any atom is 0.261 e. The molecular formula is C22H24N4O4. The number of fused-ring (bicyclic) bond motifs is 1. The second-order valence-corrected chi connectivity index (χ2v) is 7.33. The van der Waals surface area contributed by atoms with Crippen molar-refractivity contribution < 1.29 is 19.1 Å². The van der Waals surface area contributed by atoms with Gasteiger partial charge in [-0.15, -0.1) is 0 Å². The summed E-state index contributed by atoms with van der Waals surface area (Å²) in [5.74, 6) is -0.149. The maximum atomic E-state index is 12.7. The third-order valence-electron chi connectivity index (χ3n) is 5.31. The lowest BCUT2D eigenvalue weighted by molar-refractivity contribution is 0.0652. The van der Waals surface area contributed by atoms with E-state index < -0.39 is 0 Å². The quantitative estimate of drug-likeness (QED) is 0.739. The normalized spacial score (nSPS) is 16.0. The van der Waals surface area contributed by atoms with Gasteiger partial charge in [-0.3, -0.25) is 19.3 Å². The Labute approximate surface area is 174 Å². The molecule has 0 aliphatic carbocycles. The minimum absolute atomic E-state index is 0.282. The van der Waals surface area contributed by atoms with Gasteiger partial charge in [0.25, 0.3) is 17.7 Å². The largest absolute Gasteiger partial charge is 0.378 e. The Kier molecular flexibility index (Phi) is 5.76. The summed E-state index contributed by atoms with van der Waals surface area (Å²) >= 11 is 0. The van der Waals surface area contributed by atoms with Crippen LogP contribution < -0.4 is 10.2 Å². The van der Waals surface area contributed by atoms with Gasteiger partial charge in [0, 0.05) is 25.2 Å². The summed E-state index contributed by atoms with van der Waals surface area (Å²) in [5.41, 5.74) is 1.52. The summed E-state index contributed by atoms with van der Waals surface area (Å²) in [6.45, 7) is 5.32. The molecule has 30 heavy (non-hydrogen) atoms. The maximum absolute atomic E-state index is 12.7. The van der Waals surface area contributed by atoms with Crippen molar-refractivity contribution in [3.8, 4) is 0 Å². The standard InChI is InChI=1S/C22H24N4O4/c1-2-3-8-26-21(28)17-6-4-15(13-18(17)22(26)29)20(27)24-16-5-7-19(23-14-16)25-9-11-30-12-10-25/h4-7,13-14H,2-3,8-12H2,1H3,(H,24,27). The minimum Gasteiger partial charge on any atom is -0.378 e. The van der Waals surface area contributed by atoms with E-state index >= 15 is 0 Å². The van der Waals surface area contributed by atoms with Crippen LogP contribution in [0.25, 0.3) is 0 Å². The van der Waals surface area contributed by atoms with Crippen molar-refractivity contribution >= 4 is 29.2 Å². The number of rotatable bonds is 6. The molecule has 156 valence electrons. The summed E-state index contributed by atoms with van der Waals surface area (Å²) < 4.78 is 5.34. The SMILES string of the molecule is CCCCN1C(=O)c2ccc(C(=O)Nc3ccc(N4CCOCC4)nc3)cc2C1=O. The van der Waals surface area contributed by atoms with E-state index in [1.807, 2.05) is 13.0 Å². The molecule has 1 aromatic heterocycles. The molecule has 0 spiro atoms. The molecule has 3 heterocycles. The van der Waals surface area contributed by atoms with Crippen LogP contribution in [0, 0.1) is 0 Å². The summed E-state index contributed by atoms with van der Waals surface area (Å²) in [5, 5.41) is 2.80. The van der Waals surface area contributed by atoms with Crippen molar-refractivity contribution in [3.05, 3.63) is 53.2 Å². The van der Waals surface area contributed by atoms with E-state index in [9.17, 15) is 14.4 Å². The van der Waals surface area contributed by atoms with E-state index in [0.29, 0.717) is 36.6 Å². The summed E-state index contributed by atoms with van der Waals surface area (Å²) in [4.78, 5) is 45.5. The monoisotopic (exact) mass is 408 g/mol. The van der Waals surface area contributed by atoms with Gasteiger partial charge in [0.1, 0.15) is 5.82 Å². The van der Waals surface area contributed by atoms with Crippen LogP contribution in [0.1, 0.15) is 50.8 Å². The molecule has 0 bridgehead atoms. The highest BCUT2D eigenvalue weighted by atomic mass is 16.5. The van der Waals surface area contributed by atoms with Gasteiger partial charge < -0.3 is 15.0 Å². The van der Waals surface area contributed by atoms with Crippen LogP contribution in [0.4, 0.5) is 11.5 Å². The van der Waals surface area contributed by atoms with Crippen molar-refractivity contribution in [1.82, 2.24) is 9.88 Å². The molecule has 0 radical (unpaired) electrons. The zero-order valence-electron chi connectivity index (χ0n) is 16.9. The number of ether oxygens (including phenoxy) is 1. The molecule has 2 aromatic rings. The summed E-state index contributed by atoms with van der Waals surface area (Å²) in [7, 11) is 0. The Morgan fingerprint density at radius 1 is 1.10 bits per heavy atom. The molecule has 1 N–H and O–H groups in total. The van der Waals surface area contributed by atoms with Crippen LogP contribution in [-0.2, 0) is 4.74 Å². The van der Waals surface area contributed by atoms with Crippen molar-refractivity contribution in [2.75, 3.05) is 43.1 Å². The van der Waals surface area contributed by atoms with Gasteiger partial charge in [0.2, 0.25) is 0 Å². The average molecular weight is 408 g/mol. The second-order valence-electron chi connectivity index (χ2n) is 7.33. The van der Waals surface area contributed by atoms with Gasteiger partial charge in [-0.25, -0.2) is 4.98 Å².